The normalized spacial score (nSPS) is 18.9. The largest absolute Gasteiger partial charge is 0.352 e. The molecule has 0 aliphatic heterocycles. The summed E-state index contributed by atoms with van der Waals surface area (Å²) in [4.78, 5) is 12.5. The lowest BCUT2D eigenvalue weighted by Crippen LogP contribution is -2.33. The number of fused-ring (bicyclic) bond motifs is 1. The number of nitrogens with zero attached hydrogens (tertiary/aromatic N) is 1. The van der Waals surface area contributed by atoms with Crippen molar-refractivity contribution in [1.82, 2.24) is 9.88 Å². The minimum atomic E-state index is 0.0246. The molecule has 1 amide bonds. The van der Waals surface area contributed by atoms with Crippen molar-refractivity contribution in [2.75, 3.05) is 6.54 Å². The van der Waals surface area contributed by atoms with E-state index >= 15 is 0 Å². The number of hydrogen-bond acceptors (Lipinski definition) is 1. The Kier molecular flexibility index (Phi) is 4.31. The van der Waals surface area contributed by atoms with Gasteiger partial charge in [-0.2, -0.15) is 0 Å². The molecule has 0 radical (unpaired) electrons. The number of para-hydroxylation sites is 1. The highest BCUT2D eigenvalue weighted by Gasteiger charge is 2.34. The Morgan fingerprint density at radius 1 is 1.12 bits per heavy atom. The van der Waals surface area contributed by atoms with E-state index in [0.29, 0.717) is 11.3 Å². The number of rotatable bonds is 4. The van der Waals surface area contributed by atoms with Gasteiger partial charge in [0.2, 0.25) is 0 Å². The average Bonchev–Trinajstić information content (AvgIpc) is 3.22. The van der Waals surface area contributed by atoms with E-state index in [1.165, 1.54) is 30.2 Å². The second kappa shape index (κ2) is 6.64. The molecule has 1 heterocycles. The molecular formula is C23H26N2O. The molecule has 26 heavy (non-hydrogen) atoms. The summed E-state index contributed by atoms with van der Waals surface area (Å²) in [6.45, 7) is 5.40. The lowest BCUT2D eigenvalue weighted by molar-refractivity contribution is 0.0937. The zero-order valence-corrected chi connectivity index (χ0v) is 15.5. The molecule has 4 rings (SSSR count). The third-order valence-corrected chi connectivity index (χ3v) is 6.00. The van der Waals surface area contributed by atoms with Gasteiger partial charge in [-0.15, -0.1) is 0 Å². The van der Waals surface area contributed by atoms with Crippen molar-refractivity contribution in [3.05, 3.63) is 66.4 Å². The zero-order chi connectivity index (χ0) is 18.1. The Morgan fingerprint density at radius 3 is 2.62 bits per heavy atom. The van der Waals surface area contributed by atoms with Crippen LogP contribution in [0.1, 0.15) is 43.5 Å². The molecule has 1 fully saturated rings. The van der Waals surface area contributed by atoms with Gasteiger partial charge in [0, 0.05) is 24.0 Å². The monoisotopic (exact) mass is 346 g/mol. The van der Waals surface area contributed by atoms with Crippen molar-refractivity contribution in [2.24, 2.45) is 11.3 Å². The second-order valence-electron chi connectivity index (χ2n) is 8.08. The fourth-order valence-corrected chi connectivity index (χ4v) is 4.18. The van der Waals surface area contributed by atoms with Gasteiger partial charge in [0.05, 0.1) is 5.52 Å². The van der Waals surface area contributed by atoms with E-state index in [-0.39, 0.29) is 5.91 Å². The van der Waals surface area contributed by atoms with Crippen LogP contribution in [0, 0.1) is 11.3 Å². The predicted molar refractivity (Wildman–Crippen MR) is 107 cm³/mol. The van der Waals surface area contributed by atoms with Crippen molar-refractivity contribution in [3.63, 3.8) is 0 Å². The summed E-state index contributed by atoms with van der Waals surface area (Å²) in [6, 6.07) is 18.3. The summed E-state index contributed by atoms with van der Waals surface area (Å²) in [5, 5.41) is 4.35. The van der Waals surface area contributed by atoms with E-state index < -0.39 is 0 Å². The Bertz CT molecular complexity index is 921. The summed E-state index contributed by atoms with van der Waals surface area (Å²) in [6.07, 6.45) is 5.81. The van der Waals surface area contributed by atoms with Gasteiger partial charge in [-0.1, -0.05) is 38.5 Å². The first-order valence-electron chi connectivity index (χ1n) is 9.49. The molecule has 1 saturated carbocycles. The summed E-state index contributed by atoms with van der Waals surface area (Å²) in [5.41, 5.74) is 3.31. The summed E-state index contributed by atoms with van der Waals surface area (Å²) in [5.74, 6) is 0.605. The topological polar surface area (TPSA) is 34.0 Å². The van der Waals surface area contributed by atoms with Crippen LogP contribution < -0.4 is 5.32 Å². The van der Waals surface area contributed by atoms with Crippen LogP contribution in [0.3, 0.4) is 0 Å². The van der Waals surface area contributed by atoms with E-state index in [1.807, 2.05) is 36.4 Å². The highest BCUT2D eigenvalue weighted by Crippen LogP contribution is 2.42. The van der Waals surface area contributed by atoms with Crippen LogP contribution in [-0.2, 0) is 0 Å². The van der Waals surface area contributed by atoms with Crippen LogP contribution in [0.2, 0.25) is 0 Å². The van der Waals surface area contributed by atoms with E-state index in [4.69, 9.17) is 0 Å². The number of nitrogens with one attached hydrogen (secondary N) is 1. The minimum absolute atomic E-state index is 0.0246. The summed E-state index contributed by atoms with van der Waals surface area (Å²) in [7, 11) is 0. The molecule has 0 bridgehead atoms. The fraction of sp³-hybridized carbons (Fsp3) is 0.348. The number of aromatic nitrogens is 1. The molecule has 3 aromatic rings. The number of benzene rings is 2. The minimum Gasteiger partial charge on any atom is -0.352 e. The molecule has 0 spiro atoms. The molecule has 134 valence electrons. The van der Waals surface area contributed by atoms with Crippen LogP contribution in [0.5, 0.6) is 0 Å². The molecule has 2 aromatic carbocycles. The molecule has 0 saturated heterocycles. The van der Waals surface area contributed by atoms with Gasteiger partial charge in [-0.3, -0.25) is 4.79 Å². The molecular weight excluding hydrogens is 320 g/mol. The van der Waals surface area contributed by atoms with Crippen LogP contribution in [-0.4, -0.2) is 17.0 Å². The van der Waals surface area contributed by atoms with Gasteiger partial charge in [-0.05, 0) is 66.0 Å². The first-order chi connectivity index (χ1) is 12.5. The predicted octanol–water partition coefficient (Wildman–Crippen LogP) is 5.19. The van der Waals surface area contributed by atoms with Gasteiger partial charge in [0.1, 0.15) is 0 Å². The molecule has 3 heteroatoms. The fourth-order valence-electron chi connectivity index (χ4n) is 4.18. The van der Waals surface area contributed by atoms with Crippen LogP contribution in [0.25, 0.3) is 16.6 Å². The first kappa shape index (κ1) is 16.9. The molecule has 1 aromatic heterocycles. The maximum Gasteiger partial charge on any atom is 0.251 e. The standard InChI is InChI=1S/C23H26N2O/c1-23(2)14-5-7-19(23)16-24-22(26)18-9-11-20(12-10-18)25-15-13-17-6-3-4-8-21(17)25/h3-4,6,8-13,15,19H,5,7,14,16H2,1-2H3,(H,24,26). The Balaban J connectivity index is 1.46. The lowest BCUT2D eigenvalue weighted by Gasteiger charge is -2.27. The van der Waals surface area contributed by atoms with E-state index in [0.717, 1.165) is 17.8 Å². The molecule has 1 aliphatic carbocycles. The summed E-state index contributed by atoms with van der Waals surface area (Å²) >= 11 is 0. The van der Waals surface area contributed by atoms with Crippen molar-refractivity contribution in [3.8, 4) is 5.69 Å². The molecule has 1 N–H and O–H groups in total. The SMILES string of the molecule is CC1(C)CCCC1CNC(=O)c1ccc(-n2ccc3ccccc32)cc1. The average molecular weight is 346 g/mol. The number of hydrogen-bond donors (Lipinski definition) is 1. The van der Waals surface area contributed by atoms with Gasteiger partial charge in [0.25, 0.3) is 5.91 Å². The highest BCUT2D eigenvalue weighted by molar-refractivity contribution is 5.94. The van der Waals surface area contributed by atoms with E-state index in [9.17, 15) is 4.79 Å². The quantitative estimate of drug-likeness (QED) is 0.693. The van der Waals surface area contributed by atoms with E-state index in [1.54, 1.807) is 0 Å². The first-order valence-corrected chi connectivity index (χ1v) is 9.49. The second-order valence-corrected chi connectivity index (χ2v) is 8.08. The van der Waals surface area contributed by atoms with E-state index in [2.05, 4.69) is 48.1 Å². The lowest BCUT2D eigenvalue weighted by atomic mass is 9.82. The number of carbonyl (C=O) groups is 1. The third-order valence-electron chi connectivity index (χ3n) is 6.00. The van der Waals surface area contributed by atoms with Gasteiger partial charge >= 0.3 is 0 Å². The third kappa shape index (κ3) is 3.14. The van der Waals surface area contributed by atoms with Gasteiger partial charge in [-0.25, -0.2) is 0 Å². The van der Waals surface area contributed by atoms with Crippen molar-refractivity contribution in [1.29, 1.82) is 0 Å². The maximum absolute atomic E-state index is 12.5. The van der Waals surface area contributed by atoms with Crippen molar-refractivity contribution < 1.29 is 4.79 Å². The van der Waals surface area contributed by atoms with Gasteiger partial charge in [0.15, 0.2) is 0 Å². The van der Waals surface area contributed by atoms with Crippen LogP contribution in [0.4, 0.5) is 0 Å². The van der Waals surface area contributed by atoms with Crippen molar-refractivity contribution >= 4 is 16.8 Å². The number of amides is 1. The maximum atomic E-state index is 12.5. The molecule has 1 atom stereocenters. The Labute approximate surface area is 155 Å². The Morgan fingerprint density at radius 2 is 1.88 bits per heavy atom. The van der Waals surface area contributed by atoms with Crippen LogP contribution in [0.15, 0.2) is 60.8 Å². The smallest absolute Gasteiger partial charge is 0.251 e. The molecule has 3 nitrogen and oxygen atoms in total. The zero-order valence-electron chi connectivity index (χ0n) is 15.5. The van der Waals surface area contributed by atoms with Crippen molar-refractivity contribution in [2.45, 2.75) is 33.1 Å². The Hall–Kier alpha value is -2.55. The summed E-state index contributed by atoms with van der Waals surface area (Å²) < 4.78 is 2.15. The number of carbonyl (C=O) groups excluding carboxylic acids is 1. The van der Waals surface area contributed by atoms with Gasteiger partial charge < -0.3 is 9.88 Å². The van der Waals surface area contributed by atoms with Crippen LogP contribution >= 0.6 is 0 Å². The molecule has 1 aliphatic rings. The highest BCUT2D eigenvalue weighted by atomic mass is 16.1. The molecule has 1 unspecified atom stereocenters.